The molecule has 2 aromatic rings. The van der Waals surface area contributed by atoms with Gasteiger partial charge >= 0.3 is 0 Å². The van der Waals surface area contributed by atoms with Crippen molar-refractivity contribution >= 4 is 9.84 Å². The summed E-state index contributed by atoms with van der Waals surface area (Å²) in [6.07, 6.45) is 0. The first-order chi connectivity index (χ1) is 12.9. The van der Waals surface area contributed by atoms with Crippen molar-refractivity contribution in [3.63, 3.8) is 0 Å². The number of hydrogen-bond acceptors (Lipinski definition) is 8. The second-order valence-electron chi connectivity index (χ2n) is 5.17. The predicted molar refractivity (Wildman–Crippen MR) is 97.6 cm³/mol. The maximum absolute atomic E-state index is 13.4. The second kappa shape index (κ2) is 8.26. The highest BCUT2D eigenvalue weighted by atomic mass is 32.2. The van der Waals surface area contributed by atoms with Crippen LogP contribution in [0.1, 0.15) is 0 Å². The Labute approximate surface area is 158 Å². The molecule has 9 heteroatoms. The third-order valence-electron chi connectivity index (χ3n) is 3.92. The Morgan fingerprint density at radius 2 is 0.852 bits per heavy atom. The quantitative estimate of drug-likeness (QED) is 0.670. The van der Waals surface area contributed by atoms with Crippen LogP contribution in [0, 0.1) is 0 Å². The SMILES string of the molecule is COc1ccc(S(=O)(=O)c2ccc(OC)c(OC)c2OC)c(OC)c1OC. The van der Waals surface area contributed by atoms with Crippen molar-refractivity contribution < 1.29 is 36.8 Å². The molecule has 2 rings (SSSR count). The molecular weight excluding hydrogens is 376 g/mol. The largest absolute Gasteiger partial charge is 0.493 e. The van der Waals surface area contributed by atoms with Crippen LogP contribution >= 0.6 is 0 Å². The van der Waals surface area contributed by atoms with E-state index in [-0.39, 0.29) is 32.8 Å². The number of hydrogen-bond donors (Lipinski definition) is 0. The summed E-state index contributed by atoms with van der Waals surface area (Å²) in [5.74, 6) is 1.06. The molecule has 0 unspecified atom stereocenters. The van der Waals surface area contributed by atoms with E-state index >= 15 is 0 Å². The molecule has 0 fully saturated rings. The van der Waals surface area contributed by atoms with Crippen molar-refractivity contribution in [2.75, 3.05) is 42.7 Å². The van der Waals surface area contributed by atoms with Gasteiger partial charge in [0.05, 0.1) is 42.7 Å². The molecule has 0 saturated carbocycles. The molecule has 0 aliphatic carbocycles. The van der Waals surface area contributed by atoms with Crippen LogP contribution in [0.2, 0.25) is 0 Å². The van der Waals surface area contributed by atoms with Gasteiger partial charge in [0, 0.05) is 0 Å². The highest BCUT2D eigenvalue weighted by Gasteiger charge is 2.32. The van der Waals surface area contributed by atoms with E-state index in [0.717, 1.165) is 0 Å². The summed E-state index contributed by atoms with van der Waals surface area (Å²) in [6, 6.07) is 5.74. The Kier molecular flexibility index (Phi) is 6.27. The van der Waals surface area contributed by atoms with Crippen LogP contribution in [0.3, 0.4) is 0 Å². The maximum Gasteiger partial charge on any atom is 0.214 e. The van der Waals surface area contributed by atoms with Crippen molar-refractivity contribution in [2.45, 2.75) is 9.79 Å². The molecule has 2 aromatic carbocycles. The van der Waals surface area contributed by atoms with E-state index in [0.29, 0.717) is 11.5 Å². The molecule has 0 N–H and O–H groups in total. The zero-order valence-corrected chi connectivity index (χ0v) is 16.8. The lowest BCUT2D eigenvalue weighted by atomic mass is 10.3. The van der Waals surface area contributed by atoms with Gasteiger partial charge in [-0.1, -0.05) is 0 Å². The molecule has 0 bridgehead atoms. The molecule has 8 nitrogen and oxygen atoms in total. The summed E-state index contributed by atoms with van der Waals surface area (Å²) in [5.41, 5.74) is 0. The fraction of sp³-hybridized carbons (Fsp3) is 0.333. The molecule has 0 spiro atoms. The van der Waals surface area contributed by atoms with Crippen LogP contribution in [0.25, 0.3) is 0 Å². The molecule has 0 aliphatic heterocycles. The van der Waals surface area contributed by atoms with Gasteiger partial charge < -0.3 is 28.4 Å². The lowest BCUT2D eigenvalue weighted by molar-refractivity contribution is 0.317. The van der Waals surface area contributed by atoms with Gasteiger partial charge in [0.25, 0.3) is 0 Å². The van der Waals surface area contributed by atoms with Crippen LogP contribution in [0.5, 0.6) is 34.5 Å². The fourth-order valence-corrected chi connectivity index (χ4v) is 4.26. The molecule has 0 saturated heterocycles. The lowest BCUT2D eigenvalue weighted by Crippen LogP contribution is -2.09. The smallest absolute Gasteiger partial charge is 0.214 e. The first-order valence-corrected chi connectivity index (χ1v) is 9.22. The minimum Gasteiger partial charge on any atom is -0.493 e. The van der Waals surface area contributed by atoms with Crippen LogP contribution in [-0.4, -0.2) is 51.1 Å². The van der Waals surface area contributed by atoms with Crippen molar-refractivity contribution in [3.05, 3.63) is 24.3 Å². The van der Waals surface area contributed by atoms with E-state index in [1.54, 1.807) is 0 Å². The first-order valence-electron chi connectivity index (χ1n) is 7.74. The fourth-order valence-electron chi connectivity index (χ4n) is 2.69. The van der Waals surface area contributed by atoms with Gasteiger partial charge in [-0.3, -0.25) is 0 Å². The predicted octanol–water partition coefficient (Wildman–Crippen LogP) is 2.57. The lowest BCUT2D eigenvalue weighted by Gasteiger charge is -2.18. The van der Waals surface area contributed by atoms with Crippen molar-refractivity contribution in [1.29, 1.82) is 0 Å². The van der Waals surface area contributed by atoms with E-state index < -0.39 is 9.84 Å². The number of benzene rings is 2. The van der Waals surface area contributed by atoms with Crippen molar-refractivity contribution in [3.8, 4) is 34.5 Å². The molecule has 0 heterocycles. The highest BCUT2D eigenvalue weighted by Crippen LogP contribution is 2.47. The molecule has 148 valence electrons. The summed E-state index contributed by atoms with van der Waals surface area (Å²) in [4.78, 5) is -0.207. The standard InChI is InChI=1S/C18H22O8S/c1-21-11-7-9-13(17(25-5)15(11)23-3)27(19,20)14-10-8-12(22-2)16(24-4)18(14)26-6/h7-10H,1-6H3. The third kappa shape index (κ3) is 3.42. The van der Waals surface area contributed by atoms with Crippen LogP contribution < -0.4 is 28.4 Å². The molecule has 0 amide bonds. The van der Waals surface area contributed by atoms with Gasteiger partial charge in [0.1, 0.15) is 9.79 Å². The zero-order chi connectivity index (χ0) is 20.2. The van der Waals surface area contributed by atoms with Crippen LogP contribution in [-0.2, 0) is 9.84 Å². The van der Waals surface area contributed by atoms with Gasteiger partial charge in [-0.05, 0) is 24.3 Å². The Bertz CT molecular complexity index is 852. The van der Waals surface area contributed by atoms with E-state index in [2.05, 4.69) is 0 Å². The summed E-state index contributed by atoms with van der Waals surface area (Å²) in [7, 11) is 4.33. The van der Waals surface area contributed by atoms with E-state index in [4.69, 9.17) is 28.4 Å². The molecule has 0 aromatic heterocycles. The Hall–Kier alpha value is -2.81. The van der Waals surface area contributed by atoms with Gasteiger partial charge in [-0.15, -0.1) is 0 Å². The minimum absolute atomic E-state index is 0.0219. The van der Waals surface area contributed by atoms with E-state index in [9.17, 15) is 8.42 Å². The highest BCUT2D eigenvalue weighted by molar-refractivity contribution is 7.91. The zero-order valence-electron chi connectivity index (χ0n) is 16.0. The Morgan fingerprint density at radius 1 is 0.519 bits per heavy atom. The van der Waals surface area contributed by atoms with Crippen molar-refractivity contribution in [1.82, 2.24) is 0 Å². The second-order valence-corrected chi connectivity index (χ2v) is 7.05. The summed E-state index contributed by atoms with van der Waals surface area (Å²) in [6.45, 7) is 0. The Morgan fingerprint density at radius 3 is 1.11 bits per heavy atom. The average molecular weight is 398 g/mol. The normalized spacial score (nSPS) is 10.9. The van der Waals surface area contributed by atoms with E-state index in [1.165, 1.54) is 66.9 Å². The summed E-state index contributed by atoms with van der Waals surface area (Å²) < 4.78 is 58.3. The monoisotopic (exact) mass is 398 g/mol. The molecule has 0 aliphatic rings. The average Bonchev–Trinajstić information content (AvgIpc) is 2.70. The number of rotatable bonds is 8. The Balaban J connectivity index is 2.81. The van der Waals surface area contributed by atoms with Crippen LogP contribution in [0.15, 0.2) is 34.1 Å². The van der Waals surface area contributed by atoms with Crippen molar-refractivity contribution in [2.24, 2.45) is 0 Å². The minimum atomic E-state index is -4.06. The topological polar surface area (TPSA) is 89.5 Å². The number of sulfone groups is 1. The summed E-state index contributed by atoms with van der Waals surface area (Å²) in [5, 5.41) is 0. The van der Waals surface area contributed by atoms with Gasteiger partial charge in [-0.2, -0.15) is 0 Å². The maximum atomic E-state index is 13.4. The van der Waals surface area contributed by atoms with Gasteiger partial charge in [0.2, 0.25) is 21.3 Å². The number of ether oxygens (including phenoxy) is 6. The molecule has 27 heavy (non-hydrogen) atoms. The third-order valence-corrected chi connectivity index (χ3v) is 5.72. The first kappa shape index (κ1) is 20.5. The van der Waals surface area contributed by atoms with Gasteiger partial charge in [-0.25, -0.2) is 8.42 Å². The van der Waals surface area contributed by atoms with E-state index in [1.807, 2.05) is 0 Å². The van der Waals surface area contributed by atoms with Gasteiger partial charge in [0.15, 0.2) is 23.0 Å². The molecular formula is C18H22O8S. The number of methoxy groups -OCH3 is 6. The molecule has 0 atom stereocenters. The summed E-state index contributed by atoms with van der Waals surface area (Å²) >= 11 is 0. The molecule has 0 radical (unpaired) electrons. The van der Waals surface area contributed by atoms with Crippen LogP contribution in [0.4, 0.5) is 0 Å².